The normalized spacial score (nSPS) is 20.3. The van der Waals surface area contributed by atoms with E-state index in [2.05, 4.69) is 5.32 Å². The number of ether oxygens (including phenoxy) is 3. The van der Waals surface area contributed by atoms with Gasteiger partial charge in [-0.3, -0.25) is 0 Å². The lowest BCUT2D eigenvalue weighted by atomic mass is 10.1. The minimum absolute atomic E-state index is 0.0222. The number of hydrogen-bond acceptors (Lipinski definition) is 7. The van der Waals surface area contributed by atoms with Crippen molar-refractivity contribution >= 4 is 15.9 Å². The maximum atomic E-state index is 11.3. The van der Waals surface area contributed by atoms with Crippen LogP contribution in [0.4, 0.5) is 4.79 Å². The maximum Gasteiger partial charge on any atom is 0.407 e. The number of sulfone groups is 1. The van der Waals surface area contributed by atoms with Gasteiger partial charge in [-0.1, -0.05) is 0 Å². The van der Waals surface area contributed by atoms with Crippen LogP contribution >= 0.6 is 0 Å². The third-order valence-corrected chi connectivity index (χ3v) is 4.77. The van der Waals surface area contributed by atoms with Gasteiger partial charge in [0.1, 0.15) is 6.61 Å². The molecule has 0 aromatic carbocycles. The number of carbonyl (C=O) groups is 1. The first-order chi connectivity index (χ1) is 10.0. The van der Waals surface area contributed by atoms with Crippen molar-refractivity contribution in [2.45, 2.75) is 6.42 Å². The number of aliphatic hydroxyl groups is 1. The number of alkyl carbamates (subject to hydrolysis) is 1. The topological polar surface area (TPSA) is 111 Å². The van der Waals surface area contributed by atoms with Gasteiger partial charge in [-0.2, -0.15) is 0 Å². The van der Waals surface area contributed by atoms with E-state index in [1.54, 1.807) is 0 Å². The van der Waals surface area contributed by atoms with Gasteiger partial charge in [-0.15, -0.1) is 0 Å². The summed E-state index contributed by atoms with van der Waals surface area (Å²) in [7, 11) is -2.92. The molecular formula is C12H23NO7S. The SMILES string of the molecule is O=C(NC[C@@H]1CCS(=O)(=O)C1)OCCOCCOCCO. The molecule has 0 spiro atoms. The van der Waals surface area contributed by atoms with Crippen LogP contribution in [-0.4, -0.2) is 77.3 Å². The predicted octanol–water partition coefficient (Wildman–Crippen LogP) is -0.827. The molecule has 1 aliphatic rings. The van der Waals surface area contributed by atoms with E-state index >= 15 is 0 Å². The number of rotatable bonds is 10. The summed E-state index contributed by atoms with van der Waals surface area (Å²) in [6.45, 7) is 1.69. The zero-order valence-corrected chi connectivity index (χ0v) is 12.8. The fraction of sp³-hybridized carbons (Fsp3) is 0.917. The Kier molecular flexibility index (Phi) is 8.58. The van der Waals surface area contributed by atoms with Gasteiger partial charge in [0.2, 0.25) is 0 Å². The van der Waals surface area contributed by atoms with E-state index in [0.29, 0.717) is 26.2 Å². The number of nitrogens with one attached hydrogen (secondary N) is 1. The van der Waals surface area contributed by atoms with E-state index in [9.17, 15) is 13.2 Å². The van der Waals surface area contributed by atoms with Gasteiger partial charge in [0.15, 0.2) is 9.84 Å². The van der Waals surface area contributed by atoms with E-state index < -0.39 is 15.9 Å². The average molecular weight is 325 g/mol. The molecule has 1 rings (SSSR count). The van der Waals surface area contributed by atoms with Crippen molar-refractivity contribution in [2.24, 2.45) is 5.92 Å². The van der Waals surface area contributed by atoms with E-state index in [1.165, 1.54) is 0 Å². The summed E-state index contributed by atoms with van der Waals surface area (Å²) in [4.78, 5) is 11.3. The summed E-state index contributed by atoms with van der Waals surface area (Å²) < 4.78 is 37.5. The highest BCUT2D eigenvalue weighted by Crippen LogP contribution is 2.17. The van der Waals surface area contributed by atoms with Gasteiger partial charge in [0, 0.05) is 6.54 Å². The van der Waals surface area contributed by atoms with Gasteiger partial charge < -0.3 is 24.6 Å². The van der Waals surface area contributed by atoms with Crippen LogP contribution in [0.15, 0.2) is 0 Å². The van der Waals surface area contributed by atoms with Gasteiger partial charge >= 0.3 is 6.09 Å². The highest BCUT2D eigenvalue weighted by Gasteiger charge is 2.27. The molecule has 0 unspecified atom stereocenters. The maximum absolute atomic E-state index is 11.3. The van der Waals surface area contributed by atoms with Crippen LogP contribution in [0.1, 0.15) is 6.42 Å². The lowest BCUT2D eigenvalue weighted by molar-refractivity contribution is 0.0186. The van der Waals surface area contributed by atoms with Crippen molar-refractivity contribution in [1.29, 1.82) is 0 Å². The molecule has 0 aromatic heterocycles. The molecule has 9 heteroatoms. The average Bonchev–Trinajstić information content (AvgIpc) is 2.79. The first kappa shape index (κ1) is 18.1. The number of carbonyl (C=O) groups excluding carboxylic acids is 1. The molecule has 1 amide bonds. The van der Waals surface area contributed by atoms with Gasteiger partial charge in [0.05, 0.1) is 44.5 Å². The van der Waals surface area contributed by atoms with Gasteiger partial charge in [-0.25, -0.2) is 13.2 Å². The molecule has 0 aliphatic carbocycles. The lowest BCUT2D eigenvalue weighted by Gasteiger charge is -2.10. The number of amides is 1. The second kappa shape index (κ2) is 9.93. The summed E-state index contributed by atoms with van der Waals surface area (Å²) in [5.74, 6) is 0.299. The molecule has 1 heterocycles. The van der Waals surface area contributed by atoms with Crippen molar-refractivity contribution in [3.8, 4) is 0 Å². The third-order valence-electron chi connectivity index (χ3n) is 2.93. The first-order valence-electron chi connectivity index (χ1n) is 6.91. The third kappa shape index (κ3) is 8.86. The number of aliphatic hydroxyl groups excluding tert-OH is 1. The van der Waals surface area contributed by atoms with Crippen molar-refractivity contribution in [3.05, 3.63) is 0 Å². The highest BCUT2D eigenvalue weighted by atomic mass is 32.2. The Labute approximate surface area is 124 Å². The monoisotopic (exact) mass is 325 g/mol. The Hall–Kier alpha value is -0.900. The molecule has 0 radical (unpaired) electrons. The molecule has 2 N–H and O–H groups in total. The van der Waals surface area contributed by atoms with Crippen molar-refractivity contribution < 1.29 is 32.5 Å². The van der Waals surface area contributed by atoms with Crippen LogP contribution in [-0.2, 0) is 24.0 Å². The van der Waals surface area contributed by atoms with Crippen LogP contribution < -0.4 is 5.32 Å². The second-order valence-corrected chi connectivity index (χ2v) is 6.96. The summed E-state index contributed by atoms with van der Waals surface area (Å²) in [6, 6.07) is 0. The Balaban J connectivity index is 1.92. The van der Waals surface area contributed by atoms with E-state index in [0.717, 1.165) is 0 Å². The highest BCUT2D eigenvalue weighted by molar-refractivity contribution is 7.91. The molecule has 1 aliphatic heterocycles. The fourth-order valence-electron chi connectivity index (χ4n) is 1.89. The second-order valence-electron chi connectivity index (χ2n) is 4.73. The van der Waals surface area contributed by atoms with Gasteiger partial charge in [-0.05, 0) is 12.3 Å². The zero-order chi connectivity index (χ0) is 15.6. The molecular weight excluding hydrogens is 302 g/mol. The summed E-state index contributed by atoms with van der Waals surface area (Å²) in [5.41, 5.74) is 0. The van der Waals surface area contributed by atoms with Crippen LogP contribution in [0.5, 0.6) is 0 Å². The van der Waals surface area contributed by atoms with E-state index in [1.807, 2.05) is 0 Å². The minimum Gasteiger partial charge on any atom is -0.447 e. The molecule has 1 atom stereocenters. The Morgan fingerprint density at radius 2 is 1.81 bits per heavy atom. The van der Waals surface area contributed by atoms with E-state index in [-0.39, 0.29) is 43.9 Å². The molecule has 0 aromatic rings. The van der Waals surface area contributed by atoms with Crippen LogP contribution in [0.3, 0.4) is 0 Å². The fourth-order valence-corrected chi connectivity index (χ4v) is 3.75. The van der Waals surface area contributed by atoms with Crippen molar-refractivity contribution in [1.82, 2.24) is 5.32 Å². The summed E-state index contributed by atoms with van der Waals surface area (Å²) in [6.07, 6.45) is 0.0129. The summed E-state index contributed by atoms with van der Waals surface area (Å²) >= 11 is 0. The smallest absolute Gasteiger partial charge is 0.407 e. The first-order valence-corrected chi connectivity index (χ1v) is 8.73. The van der Waals surface area contributed by atoms with Gasteiger partial charge in [0.25, 0.3) is 0 Å². The van der Waals surface area contributed by atoms with Crippen LogP contribution in [0.2, 0.25) is 0 Å². The standard InChI is InChI=1S/C12H23NO7S/c14-2-3-18-4-5-19-6-7-20-12(15)13-9-11-1-8-21(16,17)10-11/h11,14H,1-10H2,(H,13,15)/t11-/m0/s1. The molecule has 0 bridgehead atoms. The molecule has 8 nitrogen and oxygen atoms in total. The molecule has 0 saturated carbocycles. The van der Waals surface area contributed by atoms with E-state index in [4.69, 9.17) is 19.3 Å². The lowest BCUT2D eigenvalue weighted by Crippen LogP contribution is -2.31. The Bertz CT molecular complexity index is 398. The van der Waals surface area contributed by atoms with Crippen LogP contribution in [0.25, 0.3) is 0 Å². The quantitative estimate of drug-likeness (QED) is 0.504. The minimum atomic E-state index is -2.92. The molecule has 124 valence electrons. The zero-order valence-electron chi connectivity index (χ0n) is 12.0. The van der Waals surface area contributed by atoms with Crippen LogP contribution in [0, 0.1) is 5.92 Å². The molecule has 1 saturated heterocycles. The Morgan fingerprint density at radius 3 is 2.43 bits per heavy atom. The van der Waals surface area contributed by atoms with Crippen molar-refractivity contribution in [2.75, 3.05) is 57.7 Å². The molecule has 1 fully saturated rings. The Morgan fingerprint density at radius 1 is 1.14 bits per heavy atom. The largest absolute Gasteiger partial charge is 0.447 e. The molecule has 21 heavy (non-hydrogen) atoms. The number of hydrogen-bond donors (Lipinski definition) is 2. The summed E-state index contributed by atoms with van der Waals surface area (Å²) in [5, 5.41) is 11.0. The predicted molar refractivity (Wildman–Crippen MR) is 74.8 cm³/mol. The van der Waals surface area contributed by atoms with Crippen molar-refractivity contribution in [3.63, 3.8) is 0 Å².